The Bertz CT molecular complexity index is 149. The van der Waals surface area contributed by atoms with Crippen LogP contribution in [0, 0.1) is 5.41 Å². The van der Waals surface area contributed by atoms with Crippen LogP contribution in [0.1, 0.15) is 0 Å². The van der Waals surface area contributed by atoms with E-state index in [0.717, 1.165) is 13.1 Å². The molecule has 1 N–H and O–H groups in total. The van der Waals surface area contributed by atoms with Gasteiger partial charge >= 0.3 is 0 Å². The number of nitrogens with one attached hydrogen (secondary N) is 1. The van der Waals surface area contributed by atoms with Gasteiger partial charge in [0.2, 0.25) is 5.90 Å². The summed E-state index contributed by atoms with van der Waals surface area (Å²) in [4.78, 5) is 2.13. The highest BCUT2D eigenvalue weighted by Gasteiger charge is 2.22. The Labute approximate surface area is 66.6 Å². The summed E-state index contributed by atoms with van der Waals surface area (Å²) in [5, 5.41) is 7.35. The Morgan fingerprint density at radius 1 is 1.73 bits per heavy atom. The van der Waals surface area contributed by atoms with Crippen molar-refractivity contribution in [2.75, 3.05) is 33.9 Å². The first kappa shape index (κ1) is 8.49. The van der Waals surface area contributed by atoms with Crippen molar-refractivity contribution in [3.63, 3.8) is 0 Å². The Balaban J connectivity index is 2.39. The van der Waals surface area contributed by atoms with Gasteiger partial charge in [-0.05, 0) is 7.05 Å². The topological polar surface area (TPSA) is 45.5 Å². The molecule has 0 amide bonds. The van der Waals surface area contributed by atoms with Gasteiger partial charge in [0.1, 0.15) is 6.10 Å². The van der Waals surface area contributed by atoms with Gasteiger partial charge in [-0.15, -0.1) is 0 Å². The van der Waals surface area contributed by atoms with Crippen LogP contribution in [0.2, 0.25) is 0 Å². The highest BCUT2D eigenvalue weighted by molar-refractivity contribution is 5.77. The van der Waals surface area contributed by atoms with Crippen molar-refractivity contribution in [2.24, 2.45) is 0 Å². The van der Waals surface area contributed by atoms with Gasteiger partial charge in [0.15, 0.2) is 0 Å². The molecule has 1 fully saturated rings. The number of morpholine rings is 1. The van der Waals surface area contributed by atoms with E-state index in [2.05, 4.69) is 4.90 Å². The molecule has 0 aromatic carbocycles. The van der Waals surface area contributed by atoms with E-state index in [-0.39, 0.29) is 12.0 Å². The van der Waals surface area contributed by atoms with E-state index in [4.69, 9.17) is 14.9 Å². The summed E-state index contributed by atoms with van der Waals surface area (Å²) in [7, 11) is 3.51. The van der Waals surface area contributed by atoms with Gasteiger partial charge in [0.05, 0.1) is 13.7 Å². The van der Waals surface area contributed by atoms with Crippen LogP contribution < -0.4 is 0 Å². The minimum atomic E-state index is -0.168. The van der Waals surface area contributed by atoms with E-state index in [9.17, 15) is 0 Å². The quantitative estimate of drug-likeness (QED) is 0.429. The maximum atomic E-state index is 7.35. The largest absolute Gasteiger partial charge is 0.483 e. The number of hydrogen-bond acceptors (Lipinski definition) is 4. The van der Waals surface area contributed by atoms with Gasteiger partial charge < -0.3 is 14.4 Å². The molecule has 4 heteroatoms. The number of likely N-dealkylation sites (N-methyl/N-ethyl adjacent to an activating group) is 1. The van der Waals surface area contributed by atoms with Crippen molar-refractivity contribution in [3.8, 4) is 0 Å². The predicted molar refractivity (Wildman–Crippen MR) is 42.0 cm³/mol. The molecule has 1 heterocycles. The van der Waals surface area contributed by atoms with Crippen molar-refractivity contribution >= 4 is 5.90 Å². The minimum Gasteiger partial charge on any atom is -0.483 e. The summed E-state index contributed by atoms with van der Waals surface area (Å²) in [6.45, 7) is 2.38. The first-order valence-corrected chi connectivity index (χ1v) is 3.66. The van der Waals surface area contributed by atoms with Crippen molar-refractivity contribution in [1.29, 1.82) is 5.41 Å². The van der Waals surface area contributed by atoms with Crippen molar-refractivity contribution in [2.45, 2.75) is 6.10 Å². The number of nitrogens with zero attached hydrogens (tertiary/aromatic N) is 1. The fourth-order valence-electron chi connectivity index (χ4n) is 1.07. The van der Waals surface area contributed by atoms with Crippen LogP contribution >= 0.6 is 0 Å². The molecule has 1 atom stereocenters. The monoisotopic (exact) mass is 158 g/mol. The molecule has 0 radical (unpaired) electrons. The standard InChI is InChI=1S/C7H14N2O2/c1-9-3-4-11-6(5-9)7(8)10-2/h6,8H,3-5H2,1-2H3. The molecule has 1 rings (SSSR count). The fraction of sp³-hybridized carbons (Fsp3) is 0.857. The van der Waals surface area contributed by atoms with Crippen LogP contribution in [0.15, 0.2) is 0 Å². The second-order valence-corrected chi connectivity index (χ2v) is 2.69. The van der Waals surface area contributed by atoms with Gasteiger partial charge in [-0.1, -0.05) is 0 Å². The van der Waals surface area contributed by atoms with Crippen LogP contribution in [0.4, 0.5) is 0 Å². The number of ether oxygens (including phenoxy) is 2. The molecule has 1 aliphatic heterocycles. The summed E-state index contributed by atoms with van der Waals surface area (Å²) in [5.74, 6) is 0.219. The third kappa shape index (κ3) is 2.17. The summed E-state index contributed by atoms with van der Waals surface area (Å²) in [6.07, 6.45) is -0.168. The number of methoxy groups -OCH3 is 1. The predicted octanol–water partition coefficient (Wildman–Crippen LogP) is -0.0593. The summed E-state index contributed by atoms with van der Waals surface area (Å²) < 4.78 is 10.1. The second kappa shape index (κ2) is 3.69. The molecule has 0 spiro atoms. The maximum Gasteiger partial charge on any atom is 0.211 e. The molecular formula is C7H14N2O2. The van der Waals surface area contributed by atoms with E-state index in [1.807, 2.05) is 7.05 Å². The lowest BCUT2D eigenvalue weighted by atomic mass is 10.3. The Hall–Kier alpha value is -0.610. The first-order valence-electron chi connectivity index (χ1n) is 3.66. The lowest BCUT2D eigenvalue weighted by Crippen LogP contribution is -2.44. The third-order valence-corrected chi connectivity index (χ3v) is 1.78. The van der Waals surface area contributed by atoms with Crippen molar-refractivity contribution < 1.29 is 9.47 Å². The molecule has 0 aliphatic carbocycles. The molecule has 1 aliphatic rings. The second-order valence-electron chi connectivity index (χ2n) is 2.69. The molecule has 1 saturated heterocycles. The molecular weight excluding hydrogens is 144 g/mol. The van der Waals surface area contributed by atoms with Gasteiger partial charge in [0, 0.05) is 13.1 Å². The molecule has 0 aromatic rings. The zero-order valence-corrected chi connectivity index (χ0v) is 6.96. The Morgan fingerprint density at radius 2 is 2.45 bits per heavy atom. The van der Waals surface area contributed by atoms with Crippen LogP contribution in [-0.4, -0.2) is 50.8 Å². The van der Waals surface area contributed by atoms with E-state index in [1.165, 1.54) is 7.11 Å². The zero-order chi connectivity index (χ0) is 8.27. The fourth-order valence-corrected chi connectivity index (χ4v) is 1.07. The number of rotatable bonds is 1. The van der Waals surface area contributed by atoms with Crippen molar-refractivity contribution in [1.82, 2.24) is 4.90 Å². The first-order chi connectivity index (χ1) is 5.24. The molecule has 11 heavy (non-hydrogen) atoms. The summed E-state index contributed by atoms with van der Waals surface area (Å²) in [5.41, 5.74) is 0. The van der Waals surface area contributed by atoms with Gasteiger partial charge in [0.25, 0.3) is 0 Å². The van der Waals surface area contributed by atoms with Crippen LogP contribution in [0.5, 0.6) is 0 Å². The Morgan fingerprint density at radius 3 is 3.00 bits per heavy atom. The van der Waals surface area contributed by atoms with E-state index in [1.54, 1.807) is 0 Å². The molecule has 4 nitrogen and oxygen atoms in total. The zero-order valence-electron chi connectivity index (χ0n) is 6.96. The molecule has 1 unspecified atom stereocenters. The molecule has 0 bridgehead atoms. The average Bonchev–Trinajstić information content (AvgIpc) is 2.03. The summed E-state index contributed by atoms with van der Waals surface area (Å²) >= 11 is 0. The van der Waals surface area contributed by atoms with Gasteiger partial charge in [-0.25, -0.2) is 0 Å². The minimum absolute atomic E-state index is 0.168. The van der Waals surface area contributed by atoms with E-state index >= 15 is 0 Å². The lowest BCUT2D eigenvalue weighted by Gasteiger charge is -2.29. The average molecular weight is 158 g/mol. The third-order valence-electron chi connectivity index (χ3n) is 1.78. The summed E-state index contributed by atoms with van der Waals surface area (Å²) in [6, 6.07) is 0. The number of hydrogen-bond donors (Lipinski definition) is 1. The molecule has 0 saturated carbocycles. The molecule has 0 aromatic heterocycles. The normalized spacial score (nSPS) is 26.5. The maximum absolute atomic E-state index is 7.35. The van der Waals surface area contributed by atoms with Crippen LogP contribution in [-0.2, 0) is 9.47 Å². The van der Waals surface area contributed by atoms with Gasteiger partial charge in [-0.2, -0.15) is 0 Å². The SMILES string of the molecule is COC(=N)C1CN(C)CCO1. The van der Waals surface area contributed by atoms with E-state index < -0.39 is 0 Å². The van der Waals surface area contributed by atoms with Crippen molar-refractivity contribution in [3.05, 3.63) is 0 Å². The smallest absolute Gasteiger partial charge is 0.211 e. The Kier molecular flexibility index (Phi) is 2.84. The highest BCUT2D eigenvalue weighted by atomic mass is 16.5. The van der Waals surface area contributed by atoms with Crippen LogP contribution in [0.25, 0.3) is 0 Å². The van der Waals surface area contributed by atoms with Crippen LogP contribution in [0.3, 0.4) is 0 Å². The van der Waals surface area contributed by atoms with Gasteiger partial charge in [-0.3, -0.25) is 5.41 Å². The van der Waals surface area contributed by atoms with E-state index in [0.29, 0.717) is 6.61 Å². The lowest BCUT2D eigenvalue weighted by molar-refractivity contribution is 0.00647. The molecule has 64 valence electrons. The highest BCUT2D eigenvalue weighted by Crippen LogP contribution is 2.03.